The molecule has 1 amide bonds. The van der Waals surface area contributed by atoms with Gasteiger partial charge in [0, 0.05) is 12.6 Å². The topological polar surface area (TPSA) is 70.4 Å². The van der Waals surface area contributed by atoms with E-state index in [1.807, 2.05) is 25.1 Å². The minimum atomic E-state index is -0.0513. The molecule has 1 fully saturated rings. The van der Waals surface area contributed by atoms with Crippen molar-refractivity contribution in [3.63, 3.8) is 0 Å². The number of benzene rings is 1. The highest BCUT2D eigenvalue weighted by Gasteiger charge is 2.21. The molecular weight excluding hydrogens is 252 g/mol. The predicted molar refractivity (Wildman–Crippen MR) is 81.6 cm³/mol. The maximum atomic E-state index is 12.4. The number of likely N-dealkylation sites (tertiary alicyclic amines) is 1. The summed E-state index contributed by atoms with van der Waals surface area (Å²) in [6.07, 6.45) is 2.17. The lowest BCUT2D eigenvalue weighted by atomic mass is 10.0. The maximum absolute atomic E-state index is 12.4. The summed E-state index contributed by atoms with van der Waals surface area (Å²) in [7, 11) is 0. The smallest absolute Gasteiger partial charge is 0.253 e. The minimum absolute atomic E-state index is 0.0513. The Hall–Kier alpha value is -1.59. The Morgan fingerprint density at radius 2 is 2.30 bits per heavy atom. The van der Waals surface area contributed by atoms with E-state index in [9.17, 15) is 4.79 Å². The number of hydrogen-bond acceptors (Lipinski definition) is 4. The lowest BCUT2D eigenvalue weighted by Crippen LogP contribution is -2.47. The lowest BCUT2D eigenvalue weighted by Gasteiger charge is -2.32. The van der Waals surface area contributed by atoms with E-state index in [0.29, 0.717) is 11.3 Å². The van der Waals surface area contributed by atoms with Crippen LogP contribution in [0.15, 0.2) is 18.2 Å². The highest BCUT2D eigenvalue weighted by molar-refractivity contribution is 5.99. The van der Waals surface area contributed by atoms with Crippen LogP contribution in [0.2, 0.25) is 0 Å². The highest BCUT2D eigenvalue weighted by Crippen LogP contribution is 2.17. The first-order valence-electron chi connectivity index (χ1n) is 7.24. The second kappa shape index (κ2) is 6.72. The van der Waals surface area contributed by atoms with Gasteiger partial charge in [0.1, 0.15) is 0 Å². The molecule has 1 atom stereocenters. The molecule has 2 rings (SSSR count). The van der Waals surface area contributed by atoms with Crippen molar-refractivity contribution in [2.75, 3.05) is 25.1 Å². The third-order valence-electron chi connectivity index (χ3n) is 3.86. The van der Waals surface area contributed by atoms with Gasteiger partial charge in [0.25, 0.3) is 5.91 Å². The normalized spacial score (nSPS) is 19.6. The second-order valence-electron chi connectivity index (χ2n) is 5.40. The maximum Gasteiger partial charge on any atom is 0.253 e. The number of hydrogen-bond donors (Lipinski definition) is 3. The molecule has 1 aromatic rings. The van der Waals surface area contributed by atoms with Gasteiger partial charge in [0.2, 0.25) is 0 Å². The predicted octanol–water partition coefficient (Wildman–Crippen LogP) is 1.49. The molecule has 5 nitrogen and oxygen atoms in total. The minimum Gasteiger partial charge on any atom is -0.348 e. The molecule has 1 heterocycles. The standard InChI is InChI=1S/C15H24N4O/c1-3-19-8-4-5-12(10-19)17-15(20)13-9-11(2)6-7-14(13)18-16/h6-7,9,12,18H,3-5,8,10,16H2,1-2H3,(H,17,20). The molecule has 1 saturated heterocycles. The van der Waals surface area contributed by atoms with Crippen molar-refractivity contribution >= 4 is 11.6 Å². The van der Waals surface area contributed by atoms with Gasteiger partial charge < -0.3 is 15.6 Å². The fourth-order valence-corrected chi connectivity index (χ4v) is 2.70. The summed E-state index contributed by atoms with van der Waals surface area (Å²) in [5.74, 6) is 5.43. The SMILES string of the molecule is CCN1CCCC(NC(=O)c2cc(C)ccc2NN)C1. The van der Waals surface area contributed by atoms with Crippen molar-refractivity contribution in [1.29, 1.82) is 0 Å². The molecule has 1 aromatic carbocycles. The zero-order valence-corrected chi connectivity index (χ0v) is 12.3. The summed E-state index contributed by atoms with van der Waals surface area (Å²) in [6.45, 7) is 7.21. The van der Waals surface area contributed by atoms with Gasteiger partial charge in [0.05, 0.1) is 11.3 Å². The van der Waals surface area contributed by atoms with E-state index in [1.165, 1.54) is 0 Å². The number of nitrogens with one attached hydrogen (secondary N) is 2. The fraction of sp³-hybridized carbons (Fsp3) is 0.533. The number of carbonyl (C=O) groups is 1. The van der Waals surface area contributed by atoms with Crippen molar-refractivity contribution in [1.82, 2.24) is 10.2 Å². The molecule has 5 heteroatoms. The second-order valence-corrected chi connectivity index (χ2v) is 5.40. The summed E-state index contributed by atoms with van der Waals surface area (Å²) in [6, 6.07) is 5.86. The van der Waals surface area contributed by atoms with Crippen molar-refractivity contribution < 1.29 is 4.79 Å². The van der Waals surface area contributed by atoms with Crippen LogP contribution >= 0.6 is 0 Å². The van der Waals surface area contributed by atoms with E-state index >= 15 is 0 Å². The molecule has 0 aliphatic carbocycles. The summed E-state index contributed by atoms with van der Waals surface area (Å²) >= 11 is 0. The van der Waals surface area contributed by atoms with Crippen molar-refractivity contribution in [3.8, 4) is 0 Å². The summed E-state index contributed by atoms with van der Waals surface area (Å²) in [5.41, 5.74) is 4.91. The molecule has 1 aliphatic rings. The number of piperidine rings is 1. The van der Waals surface area contributed by atoms with Crippen molar-refractivity contribution in [2.45, 2.75) is 32.7 Å². The van der Waals surface area contributed by atoms with Crippen LogP contribution in [0.25, 0.3) is 0 Å². The summed E-state index contributed by atoms with van der Waals surface area (Å²) in [5, 5.41) is 3.13. The van der Waals surface area contributed by atoms with Gasteiger partial charge in [-0.3, -0.25) is 10.6 Å². The average molecular weight is 276 g/mol. The number of likely N-dealkylation sites (N-methyl/N-ethyl adjacent to an activating group) is 1. The molecule has 110 valence electrons. The van der Waals surface area contributed by atoms with Crippen LogP contribution in [-0.4, -0.2) is 36.5 Å². The molecule has 0 bridgehead atoms. The van der Waals surface area contributed by atoms with E-state index < -0.39 is 0 Å². The Balaban J connectivity index is 2.06. The van der Waals surface area contributed by atoms with Gasteiger partial charge in [0.15, 0.2) is 0 Å². The van der Waals surface area contributed by atoms with Gasteiger partial charge in [-0.15, -0.1) is 0 Å². The zero-order valence-electron chi connectivity index (χ0n) is 12.3. The first-order chi connectivity index (χ1) is 9.63. The van der Waals surface area contributed by atoms with E-state index in [0.717, 1.165) is 38.0 Å². The number of anilines is 1. The Bertz CT molecular complexity index is 475. The Kier molecular flexibility index (Phi) is 4.98. The average Bonchev–Trinajstić information content (AvgIpc) is 2.47. The van der Waals surface area contributed by atoms with Crippen molar-refractivity contribution in [2.24, 2.45) is 5.84 Å². The Morgan fingerprint density at radius 3 is 3.00 bits per heavy atom. The van der Waals surface area contributed by atoms with Gasteiger partial charge in [-0.05, 0) is 45.0 Å². The lowest BCUT2D eigenvalue weighted by molar-refractivity contribution is 0.0906. The first kappa shape index (κ1) is 14.8. The number of hydrazine groups is 1. The quantitative estimate of drug-likeness (QED) is 0.576. The molecule has 4 N–H and O–H groups in total. The third-order valence-corrected chi connectivity index (χ3v) is 3.86. The van der Waals surface area contributed by atoms with Gasteiger partial charge in [-0.2, -0.15) is 0 Å². The molecule has 1 aliphatic heterocycles. The number of rotatable bonds is 4. The van der Waals surface area contributed by atoms with Crippen LogP contribution in [0, 0.1) is 6.92 Å². The van der Waals surface area contributed by atoms with Crippen LogP contribution < -0.4 is 16.6 Å². The van der Waals surface area contributed by atoms with E-state index in [4.69, 9.17) is 5.84 Å². The fourth-order valence-electron chi connectivity index (χ4n) is 2.70. The van der Waals surface area contributed by atoms with Crippen LogP contribution in [0.3, 0.4) is 0 Å². The number of amides is 1. The molecule has 0 aromatic heterocycles. The third kappa shape index (κ3) is 3.49. The van der Waals surface area contributed by atoms with Gasteiger partial charge in [-0.25, -0.2) is 0 Å². The van der Waals surface area contributed by atoms with Crippen LogP contribution in [0.5, 0.6) is 0 Å². The zero-order chi connectivity index (χ0) is 14.5. The summed E-state index contributed by atoms with van der Waals surface area (Å²) < 4.78 is 0. The number of nitrogens with zero attached hydrogens (tertiary/aromatic N) is 1. The van der Waals surface area contributed by atoms with E-state index in [-0.39, 0.29) is 11.9 Å². The Morgan fingerprint density at radius 1 is 1.50 bits per heavy atom. The van der Waals surface area contributed by atoms with Crippen LogP contribution in [-0.2, 0) is 0 Å². The number of aryl methyl sites for hydroxylation is 1. The van der Waals surface area contributed by atoms with Gasteiger partial charge >= 0.3 is 0 Å². The largest absolute Gasteiger partial charge is 0.348 e. The Labute approximate surface area is 120 Å². The number of carbonyl (C=O) groups excluding carboxylic acids is 1. The molecule has 20 heavy (non-hydrogen) atoms. The van der Waals surface area contributed by atoms with Crippen LogP contribution in [0.4, 0.5) is 5.69 Å². The van der Waals surface area contributed by atoms with E-state index in [2.05, 4.69) is 22.6 Å². The molecular formula is C15H24N4O. The van der Waals surface area contributed by atoms with Gasteiger partial charge in [-0.1, -0.05) is 18.6 Å². The van der Waals surface area contributed by atoms with Crippen LogP contribution in [0.1, 0.15) is 35.7 Å². The number of nitrogen functional groups attached to an aromatic ring is 1. The first-order valence-corrected chi connectivity index (χ1v) is 7.24. The molecule has 0 radical (unpaired) electrons. The summed E-state index contributed by atoms with van der Waals surface area (Å²) in [4.78, 5) is 14.8. The van der Waals surface area contributed by atoms with Crippen molar-refractivity contribution in [3.05, 3.63) is 29.3 Å². The molecule has 1 unspecified atom stereocenters. The van der Waals surface area contributed by atoms with E-state index in [1.54, 1.807) is 0 Å². The monoisotopic (exact) mass is 276 g/mol. The molecule has 0 saturated carbocycles. The number of nitrogens with two attached hydrogens (primary N) is 1. The highest BCUT2D eigenvalue weighted by atomic mass is 16.1. The molecule has 0 spiro atoms.